The maximum Gasteiger partial charge on any atom is 0.319 e. The Hall–Kier alpha value is -2.83. The number of benzene rings is 3. The fraction of sp³-hybridized carbons (Fsp3) is 0.130. The lowest BCUT2D eigenvalue weighted by atomic mass is 10.2. The van der Waals surface area contributed by atoms with E-state index in [1.165, 1.54) is 0 Å². The quantitative estimate of drug-likeness (QED) is 0.445. The van der Waals surface area contributed by atoms with E-state index in [9.17, 15) is 9.90 Å². The van der Waals surface area contributed by atoms with E-state index in [0.717, 1.165) is 34.5 Å². The summed E-state index contributed by atoms with van der Waals surface area (Å²) in [4.78, 5) is 13.5. The molecule has 0 aliphatic carbocycles. The van der Waals surface area contributed by atoms with Crippen LogP contribution in [0.15, 0.2) is 84.9 Å². The number of nitrogens with one attached hydrogen (secondary N) is 1. The van der Waals surface area contributed by atoms with E-state index in [2.05, 4.69) is 5.32 Å². The van der Waals surface area contributed by atoms with Crippen molar-refractivity contribution in [2.75, 3.05) is 10.2 Å². The van der Waals surface area contributed by atoms with Crippen molar-refractivity contribution in [1.82, 2.24) is 0 Å². The summed E-state index contributed by atoms with van der Waals surface area (Å²) in [7, 11) is 0. The Kier molecular flexibility index (Phi) is 6.56. The van der Waals surface area contributed by atoms with Crippen LogP contribution in [-0.4, -0.2) is 20.1 Å². The van der Waals surface area contributed by atoms with Crippen LogP contribution in [-0.2, 0) is 4.79 Å². The zero-order valence-electron chi connectivity index (χ0n) is 16.2. The minimum Gasteiger partial charge on any atom is -0.480 e. The number of thioether (sulfide) groups is 1. The monoisotopic (exact) mass is 422 g/mol. The number of carbonyl (C=O) groups is 1. The molecule has 6 heteroatoms. The number of aliphatic carboxylic acids is 1. The average molecular weight is 423 g/mol. The number of thiocarbonyl (C=S) groups is 1. The van der Waals surface area contributed by atoms with Crippen LogP contribution in [0.5, 0.6) is 0 Å². The third-order valence-electron chi connectivity index (χ3n) is 4.24. The van der Waals surface area contributed by atoms with Crippen LogP contribution in [0.3, 0.4) is 0 Å². The van der Waals surface area contributed by atoms with Crippen molar-refractivity contribution in [2.45, 2.75) is 18.6 Å². The molecule has 0 fully saturated rings. The maximum absolute atomic E-state index is 11.6. The van der Waals surface area contributed by atoms with E-state index in [1.54, 1.807) is 13.8 Å². The summed E-state index contributed by atoms with van der Waals surface area (Å²) >= 11 is 6.81. The van der Waals surface area contributed by atoms with Crippen LogP contribution in [0, 0.1) is 0 Å². The van der Waals surface area contributed by atoms with Gasteiger partial charge in [-0.1, -0.05) is 60.4 Å². The number of rotatable bonds is 6. The van der Waals surface area contributed by atoms with E-state index >= 15 is 0 Å². The fourth-order valence-electron chi connectivity index (χ4n) is 2.63. The zero-order chi connectivity index (χ0) is 20.9. The molecule has 4 nitrogen and oxygen atoms in total. The third kappa shape index (κ3) is 5.37. The summed E-state index contributed by atoms with van der Waals surface area (Å²) in [6, 6.07) is 27.6. The molecule has 3 aromatic carbocycles. The van der Waals surface area contributed by atoms with Crippen molar-refractivity contribution in [3.05, 3.63) is 84.9 Å². The van der Waals surface area contributed by atoms with E-state index in [1.807, 2.05) is 89.8 Å². The van der Waals surface area contributed by atoms with Gasteiger partial charge in [0.25, 0.3) is 0 Å². The second kappa shape index (κ2) is 9.11. The zero-order valence-corrected chi connectivity index (χ0v) is 17.8. The van der Waals surface area contributed by atoms with Crippen LogP contribution >= 0.6 is 24.0 Å². The minimum absolute atomic E-state index is 0.479. The van der Waals surface area contributed by atoms with Gasteiger partial charge in [0.05, 0.1) is 0 Å². The molecule has 0 aliphatic rings. The maximum atomic E-state index is 11.6. The van der Waals surface area contributed by atoms with Crippen molar-refractivity contribution >= 4 is 57.0 Å². The molecule has 0 atom stereocenters. The Balaban J connectivity index is 1.88. The van der Waals surface area contributed by atoms with Gasteiger partial charge in [0.2, 0.25) is 0 Å². The summed E-state index contributed by atoms with van der Waals surface area (Å²) in [6.07, 6.45) is 0. The van der Waals surface area contributed by atoms with Gasteiger partial charge < -0.3 is 10.4 Å². The summed E-state index contributed by atoms with van der Waals surface area (Å²) in [5, 5.41) is 12.8. The predicted octanol–water partition coefficient (Wildman–Crippen LogP) is 6.45. The molecule has 0 saturated carbocycles. The molecule has 0 amide bonds. The molecule has 0 aromatic heterocycles. The standard InChI is InChI=1S/C23H22N2O2S2/c1-23(2,21(26)27)29-22(28)25(19-11-7-4-8-12-19)20-15-13-18(14-16-20)24-17-9-5-3-6-10-17/h3-16,24H,1-2H3,(H,26,27). The number of carboxylic acids is 1. The molecule has 3 rings (SSSR count). The summed E-state index contributed by atoms with van der Waals surface area (Å²) in [5.74, 6) is -0.903. The Bertz CT molecular complexity index is 975. The third-order valence-corrected chi connectivity index (χ3v) is 5.72. The lowest BCUT2D eigenvalue weighted by Crippen LogP contribution is -2.33. The normalized spacial score (nSPS) is 11.0. The molecule has 0 aliphatic heterocycles. The SMILES string of the molecule is CC(C)(SC(=S)N(c1ccccc1)c1ccc(Nc2ccccc2)cc1)C(=O)O. The van der Waals surface area contributed by atoms with Crippen molar-refractivity contribution in [3.8, 4) is 0 Å². The Labute approximate surface area is 180 Å². The molecule has 148 valence electrons. The Morgan fingerprint density at radius 1 is 0.862 bits per heavy atom. The van der Waals surface area contributed by atoms with E-state index in [4.69, 9.17) is 12.2 Å². The Morgan fingerprint density at radius 2 is 1.34 bits per heavy atom. The van der Waals surface area contributed by atoms with Crippen LogP contribution in [0.1, 0.15) is 13.8 Å². The predicted molar refractivity (Wildman–Crippen MR) is 127 cm³/mol. The lowest BCUT2D eigenvalue weighted by Gasteiger charge is -2.29. The first-order chi connectivity index (χ1) is 13.9. The number of nitrogens with zero attached hydrogens (tertiary/aromatic N) is 1. The number of anilines is 4. The van der Waals surface area contributed by atoms with Gasteiger partial charge in [-0.15, -0.1) is 0 Å². The highest BCUT2D eigenvalue weighted by Crippen LogP contribution is 2.35. The Morgan fingerprint density at radius 3 is 1.90 bits per heavy atom. The van der Waals surface area contributed by atoms with Gasteiger partial charge in [-0.2, -0.15) is 0 Å². The van der Waals surface area contributed by atoms with Crippen molar-refractivity contribution in [2.24, 2.45) is 0 Å². The molecular weight excluding hydrogens is 400 g/mol. The second-order valence-electron chi connectivity index (χ2n) is 6.89. The molecule has 0 unspecified atom stereocenters. The largest absolute Gasteiger partial charge is 0.480 e. The minimum atomic E-state index is -1.03. The first kappa shape index (κ1) is 20.9. The first-order valence-electron chi connectivity index (χ1n) is 9.10. The van der Waals surface area contributed by atoms with E-state index in [0.29, 0.717) is 4.32 Å². The van der Waals surface area contributed by atoms with Gasteiger partial charge >= 0.3 is 5.97 Å². The van der Waals surface area contributed by atoms with Gasteiger partial charge in [-0.05, 0) is 62.4 Å². The van der Waals surface area contributed by atoms with Crippen molar-refractivity contribution in [3.63, 3.8) is 0 Å². The number of hydrogen-bond donors (Lipinski definition) is 2. The van der Waals surface area contributed by atoms with Gasteiger partial charge in [0.15, 0.2) is 0 Å². The average Bonchev–Trinajstić information content (AvgIpc) is 2.70. The van der Waals surface area contributed by atoms with Gasteiger partial charge in [-0.25, -0.2) is 0 Å². The smallest absolute Gasteiger partial charge is 0.319 e. The molecular formula is C23H22N2O2S2. The highest BCUT2D eigenvalue weighted by Gasteiger charge is 2.32. The highest BCUT2D eigenvalue weighted by atomic mass is 32.2. The number of carboxylic acid groups (broad SMARTS) is 1. The topological polar surface area (TPSA) is 52.6 Å². The molecule has 0 heterocycles. The molecule has 2 N–H and O–H groups in total. The second-order valence-corrected chi connectivity index (χ2v) is 9.15. The number of hydrogen-bond acceptors (Lipinski definition) is 4. The summed E-state index contributed by atoms with van der Waals surface area (Å²) < 4.78 is -0.550. The van der Waals surface area contributed by atoms with E-state index in [-0.39, 0.29) is 0 Å². The van der Waals surface area contributed by atoms with Crippen LogP contribution < -0.4 is 10.2 Å². The summed E-state index contributed by atoms with van der Waals surface area (Å²) in [5.41, 5.74) is 3.72. The van der Waals surface area contributed by atoms with E-state index < -0.39 is 10.7 Å². The molecule has 29 heavy (non-hydrogen) atoms. The first-order valence-corrected chi connectivity index (χ1v) is 10.3. The molecule has 0 spiro atoms. The highest BCUT2D eigenvalue weighted by molar-refractivity contribution is 8.24. The molecule has 0 saturated heterocycles. The van der Waals surface area contributed by atoms with Crippen LogP contribution in [0.4, 0.5) is 22.7 Å². The van der Waals surface area contributed by atoms with Crippen molar-refractivity contribution in [1.29, 1.82) is 0 Å². The summed E-state index contributed by atoms with van der Waals surface area (Å²) in [6.45, 7) is 3.31. The molecule has 0 radical (unpaired) electrons. The lowest BCUT2D eigenvalue weighted by molar-refractivity contribution is -0.138. The van der Waals surface area contributed by atoms with Gasteiger partial charge in [-0.3, -0.25) is 9.69 Å². The van der Waals surface area contributed by atoms with Gasteiger partial charge in [0.1, 0.15) is 9.07 Å². The van der Waals surface area contributed by atoms with Crippen molar-refractivity contribution < 1.29 is 9.90 Å². The van der Waals surface area contributed by atoms with Crippen LogP contribution in [0.2, 0.25) is 0 Å². The number of para-hydroxylation sites is 2. The van der Waals surface area contributed by atoms with Crippen LogP contribution in [0.25, 0.3) is 0 Å². The van der Waals surface area contributed by atoms with Gasteiger partial charge in [0, 0.05) is 22.7 Å². The fourth-order valence-corrected chi connectivity index (χ4v) is 4.29. The molecule has 0 bridgehead atoms. The molecule has 3 aromatic rings.